The summed E-state index contributed by atoms with van der Waals surface area (Å²) in [4.78, 5) is 40.6. The van der Waals surface area contributed by atoms with E-state index in [1.54, 1.807) is 12.2 Å². The number of carboxylic acids is 1. The van der Waals surface area contributed by atoms with E-state index in [2.05, 4.69) is 0 Å². The van der Waals surface area contributed by atoms with Crippen LogP contribution in [0.1, 0.15) is 82.8 Å². The van der Waals surface area contributed by atoms with Crippen LogP contribution in [0.4, 0.5) is 0 Å². The maximum atomic E-state index is 14.6. The van der Waals surface area contributed by atoms with Gasteiger partial charge in [-0.05, 0) is 73.5 Å². The average molecular weight is 579 g/mol. The number of phenols is 1. The van der Waals surface area contributed by atoms with Gasteiger partial charge >= 0.3 is 5.97 Å². The summed E-state index contributed by atoms with van der Waals surface area (Å²) in [6, 6.07) is 0. The average Bonchev–Trinajstić information content (AvgIpc) is 3.02. The lowest BCUT2D eigenvalue weighted by atomic mass is 9.45. The Morgan fingerprint density at radius 2 is 1.76 bits per heavy atom. The second-order valence-electron chi connectivity index (χ2n) is 13.7. The summed E-state index contributed by atoms with van der Waals surface area (Å²) >= 11 is 0. The first kappa shape index (κ1) is 28.7. The van der Waals surface area contributed by atoms with Crippen molar-refractivity contribution in [2.75, 3.05) is 0 Å². The highest BCUT2D eigenvalue weighted by Gasteiger charge is 2.85. The maximum absolute atomic E-state index is 14.6. The van der Waals surface area contributed by atoms with Crippen LogP contribution in [-0.2, 0) is 20.7 Å². The third kappa shape index (κ3) is 3.52. The van der Waals surface area contributed by atoms with E-state index in [0.717, 1.165) is 5.57 Å². The van der Waals surface area contributed by atoms with Crippen LogP contribution in [-0.4, -0.2) is 61.4 Å². The molecule has 6 unspecified atom stereocenters. The number of fused-ring (bicyclic) bond motifs is 2. The van der Waals surface area contributed by atoms with E-state index >= 15 is 0 Å². The minimum atomic E-state index is -1.72. The van der Waals surface area contributed by atoms with E-state index in [9.17, 15) is 29.7 Å². The highest BCUT2D eigenvalue weighted by molar-refractivity contribution is 6.10. The van der Waals surface area contributed by atoms with Crippen LogP contribution in [0.5, 0.6) is 17.2 Å². The lowest BCUT2D eigenvalue weighted by molar-refractivity contribution is -0.220. The fourth-order valence-electron chi connectivity index (χ4n) is 8.04. The molecule has 1 saturated heterocycles. The molecule has 4 fully saturated rings. The largest absolute Gasteiger partial charge is 0.506 e. The van der Waals surface area contributed by atoms with Gasteiger partial charge < -0.3 is 29.5 Å². The number of phenolic OH excluding ortho intramolecular Hbond substituents is 1. The molecule has 6 aliphatic rings. The van der Waals surface area contributed by atoms with Gasteiger partial charge in [0.1, 0.15) is 28.4 Å². The van der Waals surface area contributed by atoms with Gasteiger partial charge in [-0.2, -0.15) is 0 Å². The molecule has 0 aromatic heterocycles. The van der Waals surface area contributed by atoms with Gasteiger partial charge in [0, 0.05) is 29.4 Å². The molecule has 6 atom stereocenters. The molecule has 4 bridgehead atoms. The lowest BCUT2D eigenvalue weighted by Crippen LogP contribution is -2.80. The van der Waals surface area contributed by atoms with Crippen LogP contribution < -0.4 is 9.47 Å². The summed E-state index contributed by atoms with van der Waals surface area (Å²) in [5.74, 6) is -4.44. The number of benzene rings is 1. The first-order valence-corrected chi connectivity index (χ1v) is 14.5. The molecule has 224 valence electrons. The third-order valence-electron chi connectivity index (χ3n) is 9.94. The maximum Gasteiger partial charge on any atom is 0.330 e. The predicted molar refractivity (Wildman–Crippen MR) is 153 cm³/mol. The number of Topliss-reactive ketones (excluding diaryl/α,β-unsaturated/α-hetero) is 2. The third-order valence-corrected chi connectivity index (χ3v) is 9.94. The van der Waals surface area contributed by atoms with Gasteiger partial charge in [-0.3, -0.25) is 9.59 Å². The standard InChI is InChI=1S/C33H38O9/c1-15(2)8-9-18-26-17(11-12-30(4,5)40-26)23(34)21-25(36)22-24(35)19-14-20-31(6,7)42-32(28(19)37,13-10-16(3)29(38)39)33(20,22)41-27(18)21/h8,10-12,19-20,22,24,34-35H,9,13-14H2,1-7H3,(H,38,39). The van der Waals surface area contributed by atoms with Crippen LogP contribution in [0.15, 0.2) is 29.4 Å². The van der Waals surface area contributed by atoms with Crippen LogP contribution >= 0.6 is 0 Å². The molecule has 3 aliphatic carbocycles. The number of allylic oxidation sites excluding steroid dienone is 2. The van der Waals surface area contributed by atoms with Gasteiger partial charge in [-0.15, -0.1) is 0 Å². The van der Waals surface area contributed by atoms with Gasteiger partial charge in [0.05, 0.1) is 23.2 Å². The Kier molecular flexibility index (Phi) is 6.01. The molecule has 3 saturated carbocycles. The molecule has 7 rings (SSSR count). The van der Waals surface area contributed by atoms with Gasteiger partial charge in [0.2, 0.25) is 0 Å². The highest BCUT2D eigenvalue weighted by atomic mass is 16.6. The SMILES string of the molecule is CC(C)=CCc1c2c(c(O)c3c1OC14C(C3=O)C(O)C3CC1C(C)(C)OC4(CC=C(C)C(=O)O)C3=O)C=CC(C)(C)O2. The Balaban J connectivity index is 1.66. The van der Waals surface area contributed by atoms with Crippen molar-refractivity contribution in [3.05, 3.63) is 46.1 Å². The Labute approximate surface area is 244 Å². The number of carboxylic acid groups (broad SMARTS) is 1. The first-order chi connectivity index (χ1) is 19.5. The van der Waals surface area contributed by atoms with E-state index in [1.807, 2.05) is 47.6 Å². The van der Waals surface area contributed by atoms with Gasteiger partial charge in [0.25, 0.3) is 0 Å². The zero-order valence-electron chi connectivity index (χ0n) is 25.0. The normalized spacial score (nSPS) is 34.6. The Morgan fingerprint density at radius 3 is 2.40 bits per heavy atom. The molecule has 0 amide bonds. The fraction of sp³-hybridized carbons (Fsp3) is 0.545. The van der Waals surface area contributed by atoms with Crippen molar-refractivity contribution in [1.82, 2.24) is 0 Å². The minimum Gasteiger partial charge on any atom is -0.506 e. The number of aromatic hydroxyl groups is 1. The zero-order chi connectivity index (χ0) is 30.7. The van der Waals surface area contributed by atoms with Crippen LogP contribution in [0, 0.1) is 17.8 Å². The Bertz CT molecular complexity index is 1540. The molecule has 3 heterocycles. The number of carbonyl (C=O) groups excluding carboxylic acids is 2. The summed E-state index contributed by atoms with van der Waals surface area (Å²) in [5, 5.41) is 32.7. The van der Waals surface area contributed by atoms with E-state index in [4.69, 9.17) is 14.2 Å². The summed E-state index contributed by atoms with van der Waals surface area (Å²) in [6.07, 6.45) is 6.03. The number of aliphatic hydroxyl groups is 1. The van der Waals surface area contributed by atoms with E-state index in [0.29, 0.717) is 23.3 Å². The highest BCUT2D eigenvalue weighted by Crippen LogP contribution is 2.70. The number of ether oxygens (including phenoxy) is 3. The molecule has 42 heavy (non-hydrogen) atoms. The number of hydrogen-bond acceptors (Lipinski definition) is 8. The number of rotatable bonds is 5. The van der Waals surface area contributed by atoms with Crippen molar-refractivity contribution in [3.8, 4) is 17.2 Å². The summed E-state index contributed by atoms with van der Waals surface area (Å²) < 4.78 is 20.0. The molecular formula is C33H38O9. The van der Waals surface area contributed by atoms with Crippen molar-refractivity contribution in [1.29, 1.82) is 0 Å². The van der Waals surface area contributed by atoms with Gasteiger partial charge in [0.15, 0.2) is 22.8 Å². The number of aliphatic hydroxyl groups excluding tert-OH is 1. The monoisotopic (exact) mass is 578 g/mol. The van der Waals surface area contributed by atoms with Crippen molar-refractivity contribution in [3.63, 3.8) is 0 Å². The molecule has 1 spiro atoms. The van der Waals surface area contributed by atoms with Gasteiger partial charge in [-0.25, -0.2) is 4.79 Å². The molecule has 9 nitrogen and oxygen atoms in total. The predicted octanol–water partition coefficient (Wildman–Crippen LogP) is 4.56. The Morgan fingerprint density at radius 1 is 1.07 bits per heavy atom. The van der Waals surface area contributed by atoms with Crippen molar-refractivity contribution in [2.45, 2.75) is 96.2 Å². The topological polar surface area (TPSA) is 140 Å². The molecule has 1 aromatic carbocycles. The summed E-state index contributed by atoms with van der Waals surface area (Å²) in [5.41, 5.74) is -3.09. The molecule has 3 aliphatic heterocycles. The number of hydrogen-bond donors (Lipinski definition) is 3. The van der Waals surface area contributed by atoms with Crippen molar-refractivity contribution in [2.24, 2.45) is 17.8 Å². The van der Waals surface area contributed by atoms with E-state index < -0.39 is 63.8 Å². The molecular weight excluding hydrogens is 540 g/mol. The summed E-state index contributed by atoms with van der Waals surface area (Å²) in [7, 11) is 0. The number of aliphatic carboxylic acids is 1. The second kappa shape index (κ2) is 8.80. The van der Waals surface area contributed by atoms with E-state index in [-0.39, 0.29) is 35.5 Å². The summed E-state index contributed by atoms with van der Waals surface area (Å²) in [6.45, 7) is 12.8. The molecule has 3 N–H and O–H groups in total. The zero-order valence-corrected chi connectivity index (χ0v) is 25.0. The first-order valence-electron chi connectivity index (χ1n) is 14.5. The molecule has 0 radical (unpaired) electrons. The van der Waals surface area contributed by atoms with E-state index in [1.165, 1.54) is 13.0 Å². The van der Waals surface area contributed by atoms with Crippen LogP contribution in [0.25, 0.3) is 6.08 Å². The molecule has 1 aromatic rings. The lowest BCUT2D eigenvalue weighted by Gasteiger charge is -2.62. The fourth-order valence-corrected chi connectivity index (χ4v) is 8.04. The van der Waals surface area contributed by atoms with Crippen molar-refractivity contribution >= 4 is 23.6 Å². The number of carbonyl (C=O) groups is 3. The quantitative estimate of drug-likeness (QED) is 0.339. The number of ketones is 2. The van der Waals surface area contributed by atoms with Gasteiger partial charge in [-0.1, -0.05) is 17.7 Å². The van der Waals surface area contributed by atoms with Crippen LogP contribution in [0.2, 0.25) is 0 Å². The Hall–Kier alpha value is -3.43. The van der Waals surface area contributed by atoms with Crippen molar-refractivity contribution < 1.29 is 43.9 Å². The second-order valence-corrected chi connectivity index (χ2v) is 13.7. The molecule has 9 heteroatoms. The van der Waals surface area contributed by atoms with Crippen LogP contribution in [0.3, 0.4) is 0 Å². The minimum absolute atomic E-state index is 0.0258. The smallest absolute Gasteiger partial charge is 0.330 e.